The largest absolute Gasteiger partial charge is 0.473 e. The molecule has 94 valence electrons. The molecule has 0 saturated heterocycles. The Kier molecular flexibility index (Phi) is 2.95. The lowest BCUT2D eigenvalue weighted by Crippen LogP contribution is -2.31. The van der Waals surface area contributed by atoms with Gasteiger partial charge in [0.2, 0.25) is 0 Å². The number of fused-ring (bicyclic) bond motifs is 1. The zero-order valence-corrected chi connectivity index (χ0v) is 10.2. The number of ether oxygens (including phenoxy) is 2. The van der Waals surface area contributed by atoms with Crippen LogP contribution in [0, 0.1) is 11.5 Å². The standard InChI is InChI=1S/C15H12N2O2/c16-10-18-14-7-5-13(6-8-14)17-9-12-3-1-2-4-15(12)19-11-17/h1-8H,9,11H2. The first-order valence-electron chi connectivity index (χ1n) is 5.98. The van der Waals surface area contributed by atoms with Crippen LogP contribution in [-0.4, -0.2) is 6.73 Å². The Labute approximate surface area is 111 Å². The second-order valence-electron chi connectivity index (χ2n) is 4.27. The summed E-state index contributed by atoms with van der Waals surface area (Å²) in [7, 11) is 0. The zero-order valence-electron chi connectivity index (χ0n) is 10.2. The van der Waals surface area contributed by atoms with Gasteiger partial charge in [-0.1, -0.05) is 18.2 Å². The van der Waals surface area contributed by atoms with Gasteiger partial charge in [0.1, 0.15) is 11.5 Å². The van der Waals surface area contributed by atoms with Crippen LogP contribution in [0.15, 0.2) is 48.5 Å². The molecule has 1 heterocycles. The molecular weight excluding hydrogens is 240 g/mol. The van der Waals surface area contributed by atoms with Gasteiger partial charge in [0.05, 0.1) is 0 Å². The van der Waals surface area contributed by atoms with Crippen LogP contribution in [0.3, 0.4) is 0 Å². The third kappa shape index (κ3) is 2.31. The first kappa shape index (κ1) is 11.4. The predicted molar refractivity (Wildman–Crippen MR) is 70.8 cm³/mol. The molecule has 0 N–H and O–H groups in total. The first-order chi connectivity index (χ1) is 9.36. The molecule has 1 aliphatic rings. The van der Waals surface area contributed by atoms with Crippen LogP contribution < -0.4 is 14.4 Å². The number of hydrogen-bond acceptors (Lipinski definition) is 4. The average molecular weight is 252 g/mol. The molecule has 1 aliphatic heterocycles. The number of anilines is 1. The molecule has 0 saturated carbocycles. The minimum atomic E-state index is 0.523. The first-order valence-corrected chi connectivity index (χ1v) is 5.98. The van der Waals surface area contributed by atoms with Crippen molar-refractivity contribution in [1.29, 1.82) is 5.26 Å². The van der Waals surface area contributed by atoms with E-state index in [0.717, 1.165) is 18.0 Å². The molecule has 0 unspecified atom stereocenters. The van der Waals surface area contributed by atoms with Gasteiger partial charge in [-0.2, -0.15) is 0 Å². The van der Waals surface area contributed by atoms with Gasteiger partial charge in [-0.05, 0) is 30.3 Å². The van der Waals surface area contributed by atoms with Crippen molar-refractivity contribution in [2.45, 2.75) is 6.54 Å². The highest BCUT2D eigenvalue weighted by Gasteiger charge is 2.16. The number of hydrogen-bond donors (Lipinski definition) is 0. The lowest BCUT2D eigenvalue weighted by Gasteiger charge is -2.30. The van der Waals surface area contributed by atoms with Crippen molar-refractivity contribution in [3.05, 3.63) is 54.1 Å². The molecule has 0 amide bonds. The van der Waals surface area contributed by atoms with Crippen LogP contribution >= 0.6 is 0 Å². The highest BCUT2D eigenvalue weighted by molar-refractivity contribution is 5.51. The van der Waals surface area contributed by atoms with Crippen molar-refractivity contribution < 1.29 is 9.47 Å². The van der Waals surface area contributed by atoms with E-state index >= 15 is 0 Å². The summed E-state index contributed by atoms with van der Waals surface area (Å²) in [4.78, 5) is 2.12. The maximum absolute atomic E-state index is 8.44. The Balaban J connectivity index is 1.79. The van der Waals surface area contributed by atoms with Crippen molar-refractivity contribution in [2.24, 2.45) is 0 Å². The Hall–Kier alpha value is -2.67. The van der Waals surface area contributed by atoms with Gasteiger partial charge >= 0.3 is 0 Å². The average Bonchev–Trinajstić information content (AvgIpc) is 2.48. The molecule has 0 radical (unpaired) electrons. The van der Waals surface area contributed by atoms with E-state index in [1.54, 1.807) is 18.4 Å². The molecule has 2 aromatic rings. The van der Waals surface area contributed by atoms with Crippen molar-refractivity contribution in [3.63, 3.8) is 0 Å². The van der Waals surface area contributed by atoms with Gasteiger partial charge in [-0.15, -0.1) is 5.26 Å². The van der Waals surface area contributed by atoms with E-state index in [2.05, 4.69) is 11.0 Å². The third-order valence-electron chi connectivity index (χ3n) is 3.08. The normalized spacial score (nSPS) is 13.1. The lowest BCUT2D eigenvalue weighted by molar-refractivity contribution is 0.289. The van der Waals surface area contributed by atoms with E-state index in [-0.39, 0.29) is 0 Å². The minimum absolute atomic E-state index is 0.523. The fourth-order valence-electron chi connectivity index (χ4n) is 2.12. The van der Waals surface area contributed by atoms with Crippen LogP contribution in [0.1, 0.15) is 5.56 Å². The van der Waals surface area contributed by atoms with Crippen LogP contribution in [0.4, 0.5) is 5.69 Å². The molecule has 4 nitrogen and oxygen atoms in total. The number of rotatable bonds is 2. The fraction of sp³-hybridized carbons (Fsp3) is 0.133. The van der Waals surface area contributed by atoms with Gasteiger partial charge in [0, 0.05) is 17.8 Å². The monoisotopic (exact) mass is 252 g/mol. The topological polar surface area (TPSA) is 45.5 Å². The molecule has 0 aromatic heterocycles. The van der Waals surface area contributed by atoms with Crippen LogP contribution in [0.2, 0.25) is 0 Å². The molecule has 0 bridgehead atoms. The van der Waals surface area contributed by atoms with Gasteiger partial charge in [0.25, 0.3) is 6.26 Å². The molecule has 4 heteroatoms. The summed E-state index contributed by atoms with van der Waals surface area (Å²) in [5.74, 6) is 1.49. The Morgan fingerprint density at radius 2 is 1.89 bits per heavy atom. The Morgan fingerprint density at radius 3 is 2.68 bits per heavy atom. The summed E-state index contributed by atoms with van der Waals surface area (Å²) in [5.41, 5.74) is 2.21. The SMILES string of the molecule is N#COc1ccc(N2COc3ccccc3C2)cc1. The quantitative estimate of drug-likeness (QED) is 0.771. The summed E-state index contributed by atoms with van der Waals surface area (Å²) in [5, 5.41) is 8.44. The molecule has 2 aromatic carbocycles. The molecule has 0 spiro atoms. The molecule has 0 atom stereocenters. The minimum Gasteiger partial charge on any atom is -0.473 e. The molecule has 0 fully saturated rings. The van der Waals surface area contributed by atoms with Crippen molar-refractivity contribution >= 4 is 5.69 Å². The van der Waals surface area contributed by atoms with Crippen LogP contribution in [0.25, 0.3) is 0 Å². The Morgan fingerprint density at radius 1 is 1.11 bits per heavy atom. The maximum Gasteiger partial charge on any atom is 0.292 e. The summed E-state index contributed by atoms with van der Waals surface area (Å²) in [6.07, 6.45) is 1.66. The van der Waals surface area contributed by atoms with Crippen molar-refractivity contribution in [3.8, 4) is 17.8 Å². The van der Waals surface area contributed by atoms with E-state index < -0.39 is 0 Å². The summed E-state index contributed by atoms with van der Waals surface area (Å²) in [6, 6.07) is 15.4. The number of nitrogens with zero attached hydrogens (tertiary/aromatic N) is 2. The van der Waals surface area contributed by atoms with Gasteiger partial charge < -0.3 is 14.4 Å². The van der Waals surface area contributed by atoms with Gasteiger partial charge in [-0.25, -0.2) is 0 Å². The van der Waals surface area contributed by atoms with E-state index in [1.165, 1.54) is 5.56 Å². The zero-order chi connectivity index (χ0) is 13.1. The molecule has 19 heavy (non-hydrogen) atoms. The number of para-hydroxylation sites is 1. The Bertz CT molecular complexity index is 617. The fourth-order valence-corrected chi connectivity index (χ4v) is 2.12. The molecule has 0 aliphatic carbocycles. The van der Waals surface area contributed by atoms with Gasteiger partial charge in [-0.3, -0.25) is 0 Å². The van der Waals surface area contributed by atoms with Crippen molar-refractivity contribution in [2.75, 3.05) is 11.6 Å². The second-order valence-corrected chi connectivity index (χ2v) is 4.27. The van der Waals surface area contributed by atoms with Crippen LogP contribution in [0.5, 0.6) is 11.5 Å². The highest BCUT2D eigenvalue weighted by atomic mass is 16.5. The maximum atomic E-state index is 8.44. The predicted octanol–water partition coefficient (Wildman–Crippen LogP) is 2.90. The second kappa shape index (κ2) is 4.91. The van der Waals surface area contributed by atoms with Crippen molar-refractivity contribution in [1.82, 2.24) is 0 Å². The van der Waals surface area contributed by atoms with E-state index in [9.17, 15) is 0 Å². The third-order valence-corrected chi connectivity index (χ3v) is 3.08. The molecular formula is C15H12N2O2. The van der Waals surface area contributed by atoms with Crippen LogP contribution in [-0.2, 0) is 6.54 Å². The van der Waals surface area contributed by atoms with E-state index in [0.29, 0.717) is 12.5 Å². The number of nitriles is 1. The smallest absolute Gasteiger partial charge is 0.292 e. The lowest BCUT2D eigenvalue weighted by atomic mass is 10.1. The summed E-state index contributed by atoms with van der Waals surface area (Å²) < 4.78 is 10.5. The summed E-state index contributed by atoms with van der Waals surface area (Å²) in [6.45, 7) is 1.34. The summed E-state index contributed by atoms with van der Waals surface area (Å²) >= 11 is 0. The number of benzene rings is 2. The van der Waals surface area contributed by atoms with E-state index in [4.69, 9.17) is 14.7 Å². The molecule has 3 rings (SSSR count). The van der Waals surface area contributed by atoms with Gasteiger partial charge in [0.15, 0.2) is 6.73 Å². The van der Waals surface area contributed by atoms with E-state index in [1.807, 2.05) is 30.3 Å². The highest BCUT2D eigenvalue weighted by Crippen LogP contribution is 2.28.